The Morgan fingerprint density at radius 2 is 2.24 bits per heavy atom. The summed E-state index contributed by atoms with van der Waals surface area (Å²) in [6.07, 6.45) is 1.82. The summed E-state index contributed by atoms with van der Waals surface area (Å²) in [5.41, 5.74) is 1.07. The highest BCUT2D eigenvalue weighted by Crippen LogP contribution is 2.29. The van der Waals surface area contributed by atoms with E-state index in [1.807, 2.05) is 30.1 Å². The Kier molecular flexibility index (Phi) is 7.84. The van der Waals surface area contributed by atoms with Gasteiger partial charge in [-0.2, -0.15) is 11.8 Å². The largest absolute Gasteiger partial charge is 0.475 e. The summed E-state index contributed by atoms with van der Waals surface area (Å²) < 4.78 is 10.7. The van der Waals surface area contributed by atoms with Crippen LogP contribution in [0.15, 0.2) is 23.3 Å². The number of aliphatic imine (C=N–C) groups is 1. The van der Waals surface area contributed by atoms with Crippen LogP contribution in [0.5, 0.6) is 5.88 Å². The van der Waals surface area contributed by atoms with Crippen LogP contribution >= 0.6 is 11.8 Å². The Balaban J connectivity index is 1.96. The predicted octanol–water partition coefficient (Wildman–Crippen LogP) is 2.40. The van der Waals surface area contributed by atoms with E-state index in [9.17, 15) is 0 Å². The highest BCUT2D eigenvalue weighted by molar-refractivity contribution is 8.00. The van der Waals surface area contributed by atoms with Gasteiger partial charge < -0.3 is 19.7 Å². The molecule has 25 heavy (non-hydrogen) atoms. The van der Waals surface area contributed by atoms with Gasteiger partial charge in [0.25, 0.3) is 0 Å². The van der Waals surface area contributed by atoms with Crippen molar-refractivity contribution in [3.63, 3.8) is 0 Å². The van der Waals surface area contributed by atoms with Crippen molar-refractivity contribution in [2.45, 2.75) is 32.1 Å². The van der Waals surface area contributed by atoms with Gasteiger partial charge in [0.05, 0.1) is 13.2 Å². The monoisotopic (exact) mass is 366 g/mol. The molecular weight excluding hydrogens is 336 g/mol. The van der Waals surface area contributed by atoms with Crippen LogP contribution < -0.4 is 10.1 Å². The molecule has 6 nitrogen and oxygen atoms in total. The SMILES string of the molecule is CCNC(=NCc1ccc(OCCOC)nc1)N1CCSC(C)(C)C1. The van der Waals surface area contributed by atoms with E-state index in [1.54, 1.807) is 7.11 Å². The van der Waals surface area contributed by atoms with Crippen molar-refractivity contribution < 1.29 is 9.47 Å². The summed E-state index contributed by atoms with van der Waals surface area (Å²) in [4.78, 5) is 11.5. The zero-order valence-electron chi connectivity index (χ0n) is 15.7. The molecule has 7 heteroatoms. The average molecular weight is 367 g/mol. The van der Waals surface area contributed by atoms with E-state index in [0.717, 1.165) is 36.9 Å². The lowest BCUT2D eigenvalue weighted by molar-refractivity contribution is 0.143. The Hall–Kier alpha value is -1.47. The lowest BCUT2D eigenvalue weighted by Crippen LogP contribution is -2.50. The van der Waals surface area contributed by atoms with Gasteiger partial charge in [0.2, 0.25) is 5.88 Å². The van der Waals surface area contributed by atoms with E-state index in [1.165, 1.54) is 0 Å². The molecule has 1 fully saturated rings. The number of aromatic nitrogens is 1. The highest BCUT2D eigenvalue weighted by Gasteiger charge is 2.28. The molecule has 0 atom stereocenters. The molecule has 1 N–H and O–H groups in total. The van der Waals surface area contributed by atoms with Crippen molar-refractivity contribution in [1.82, 2.24) is 15.2 Å². The van der Waals surface area contributed by atoms with Crippen LogP contribution in [-0.4, -0.2) is 66.3 Å². The molecule has 0 saturated carbocycles. The number of nitrogens with zero attached hydrogens (tertiary/aromatic N) is 3. The summed E-state index contributed by atoms with van der Waals surface area (Å²) in [5, 5.41) is 3.41. The first kappa shape index (κ1) is 19.8. The zero-order chi connectivity index (χ0) is 18.1. The predicted molar refractivity (Wildman–Crippen MR) is 105 cm³/mol. The van der Waals surface area contributed by atoms with Gasteiger partial charge in [-0.05, 0) is 26.3 Å². The molecule has 1 aromatic rings. The molecule has 0 aromatic carbocycles. The van der Waals surface area contributed by atoms with Crippen LogP contribution in [0.2, 0.25) is 0 Å². The number of guanidine groups is 1. The number of ether oxygens (including phenoxy) is 2. The minimum Gasteiger partial charge on any atom is -0.475 e. The third-order valence-corrected chi connectivity index (χ3v) is 5.10. The van der Waals surface area contributed by atoms with Gasteiger partial charge >= 0.3 is 0 Å². The van der Waals surface area contributed by atoms with Crippen LogP contribution in [0, 0.1) is 0 Å². The quantitative estimate of drug-likeness (QED) is 0.454. The van der Waals surface area contributed by atoms with Gasteiger partial charge in [-0.15, -0.1) is 0 Å². The molecule has 140 valence electrons. The fourth-order valence-corrected chi connectivity index (χ4v) is 3.72. The summed E-state index contributed by atoms with van der Waals surface area (Å²) in [7, 11) is 1.65. The van der Waals surface area contributed by atoms with E-state index in [0.29, 0.717) is 25.6 Å². The average Bonchev–Trinajstić information content (AvgIpc) is 2.59. The van der Waals surface area contributed by atoms with Crippen LogP contribution in [0.3, 0.4) is 0 Å². The van der Waals surface area contributed by atoms with Crippen molar-refractivity contribution in [1.29, 1.82) is 0 Å². The van der Waals surface area contributed by atoms with E-state index in [4.69, 9.17) is 14.5 Å². The fourth-order valence-electron chi connectivity index (χ4n) is 2.61. The van der Waals surface area contributed by atoms with Crippen molar-refractivity contribution in [3.05, 3.63) is 23.9 Å². The number of hydrogen-bond acceptors (Lipinski definition) is 5. The third kappa shape index (κ3) is 6.74. The van der Waals surface area contributed by atoms with Crippen molar-refractivity contribution in [3.8, 4) is 5.88 Å². The first-order chi connectivity index (χ1) is 12.0. The van der Waals surface area contributed by atoms with Crippen molar-refractivity contribution in [2.24, 2.45) is 4.99 Å². The Labute approximate surface area is 155 Å². The third-order valence-electron chi connectivity index (χ3n) is 3.81. The second-order valence-electron chi connectivity index (χ2n) is 6.55. The number of pyridine rings is 1. The van der Waals surface area contributed by atoms with Gasteiger partial charge in [-0.3, -0.25) is 0 Å². The number of nitrogens with one attached hydrogen (secondary N) is 1. The minimum absolute atomic E-state index is 0.261. The second-order valence-corrected chi connectivity index (χ2v) is 8.35. The molecule has 2 heterocycles. The maximum absolute atomic E-state index is 5.49. The van der Waals surface area contributed by atoms with E-state index in [-0.39, 0.29) is 4.75 Å². The van der Waals surface area contributed by atoms with E-state index < -0.39 is 0 Å². The Morgan fingerprint density at radius 3 is 2.88 bits per heavy atom. The van der Waals surface area contributed by atoms with Gasteiger partial charge in [-0.25, -0.2) is 9.98 Å². The fraction of sp³-hybridized carbons (Fsp3) is 0.667. The summed E-state index contributed by atoms with van der Waals surface area (Å²) >= 11 is 2.03. The van der Waals surface area contributed by atoms with Gasteiger partial charge in [0.15, 0.2) is 5.96 Å². The highest BCUT2D eigenvalue weighted by atomic mass is 32.2. The van der Waals surface area contributed by atoms with Crippen LogP contribution in [-0.2, 0) is 11.3 Å². The maximum Gasteiger partial charge on any atom is 0.213 e. The molecule has 1 saturated heterocycles. The molecular formula is C18H30N4O2S. The molecule has 0 spiro atoms. The summed E-state index contributed by atoms with van der Waals surface area (Å²) in [6, 6.07) is 3.90. The molecule has 0 bridgehead atoms. The first-order valence-corrected chi connectivity index (χ1v) is 9.76. The van der Waals surface area contributed by atoms with Gasteiger partial charge in [0, 0.05) is 49.5 Å². The summed E-state index contributed by atoms with van der Waals surface area (Å²) in [6.45, 7) is 11.3. The molecule has 1 aromatic heterocycles. The Bertz CT molecular complexity index is 549. The van der Waals surface area contributed by atoms with E-state index in [2.05, 4.69) is 36.0 Å². The molecule has 1 aliphatic heterocycles. The molecule has 0 radical (unpaired) electrons. The summed E-state index contributed by atoms with van der Waals surface area (Å²) in [5.74, 6) is 2.73. The second kappa shape index (κ2) is 9.87. The molecule has 1 aliphatic rings. The maximum atomic E-state index is 5.49. The molecule has 0 amide bonds. The normalized spacial score (nSPS) is 17.4. The number of hydrogen-bond donors (Lipinski definition) is 1. The standard InChI is InChI=1S/C18H30N4O2S/c1-5-19-17(22-8-11-25-18(2,3)14-22)21-13-15-6-7-16(20-12-15)24-10-9-23-4/h6-7,12H,5,8-11,13-14H2,1-4H3,(H,19,21). The molecule has 0 unspecified atom stereocenters. The van der Waals surface area contributed by atoms with Crippen molar-refractivity contribution in [2.75, 3.05) is 45.7 Å². The number of thioether (sulfide) groups is 1. The number of rotatable bonds is 7. The lowest BCUT2D eigenvalue weighted by atomic mass is 10.2. The van der Waals surface area contributed by atoms with Crippen LogP contribution in [0.1, 0.15) is 26.3 Å². The smallest absolute Gasteiger partial charge is 0.213 e. The molecule has 0 aliphatic carbocycles. The number of methoxy groups -OCH3 is 1. The molecule has 2 rings (SSSR count). The van der Waals surface area contributed by atoms with Crippen LogP contribution in [0.25, 0.3) is 0 Å². The topological polar surface area (TPSA) is 59.0 Å². The Morgan fingerprint density at radius 1 is 1.40 bits per heavy atom. The lowest BCUT2D eigenvalue weighted by Gasteiger charge is -2.39. The van der Waals surface area contributed by atoms with Gasteiger partial charge in [-0.1, -0.05) is 6.07 Å². The van der Waals surface area contributed by atoms with Crippen molar-refractivity contribution >= 4 is 17.7 Å². The van der Waals surface area contributed by atoms with Gasteiger partial charge in [0.1, 0.15) is 6.61 Å². The minimum atomic E-state index is 0.261. The zero-order valence-corrected chi connectivity index (χ0v) is 16.6. The van der Waals surface area contributed by atoms with E-state index >= 15 is 0 Å². The first-order valence-electron chi connectivity index (χ1n) is 8.78. The van der Waals surface area contributed by atoms with Crippen LogP contribution in [0.4, 0.5) is 0 Å².